The Labute approximate surface area is 148 Å². The number of fused-ring (bicyclic) bond motifs is 1. The summed E-state index contributed by atoms with van der Waals surface area (Å²) in [7, 11) is 2.06. The van der Waals surface area contributed by atoms with Crippen LogP contribution in [0.5, 0.6) is 0 Å². The molecule has 0 fully saturated rings. The molecule has 1 aromatic heterocycles. The fourth-order valence-corrected chi connectivity index (χ4v) is 3.03. The smallest absolute Gasteiger partial charge is 0.133 e. The topological polar surface area (TPSA) is 17.8 Å². The van der Waals surface area contributed by atoms with Crippen LogP contribution in [-0.2, 0) is 7.05 Å². The van der Waals surface area contributed by atoms with Crippen molar-refractivity contribution in [3.8, 4) is 11.1 Å². The fraction of sp³-hybridized carbons (Fsp3) is 0.0870. The highest BCUT2D eigenvalue weighted by Crippen LogP contribution is 2.25. The lowest BCUT2D eigenvalue weighted by Crippen LogP contribution is -1.90. The molecule has 4 aromatic rings. The predicted octanol–water partition coefficient (Wildman–Crippen LogP) is 5.72. The van der Waals surface area contributed by atoms with E-state index in [1.165, 1.54) is 22.3 Å². The van der Waals surface area contributed by atoms with Gasteiger partial charge in [-0.05, 0) is 41.8 Å². The lowest BCUT2D eigenvalue weighted by molar-refractivity contribution is 0.930. The summed E-state index contributed by atoms with van der Waals surface area (Å²) in [5, 5.41) is 0. The third-order valence-corrected chi connectivity index (χ3v) is 4.52. The second-order valence-electron chi connectivity index (χ2n) is 6.34. The number of benzene rings is 3. The van der Waals surface area contributed by atoms with E-state index in [1.807, 2.05) is 6.07 Å². The van der Waals surface area contributed by atoms with Gasteiger partial charge in [0.1, 0.15) is 5.82 Å². The third-order valence-electron chi connectivity index (χ3n) is 4.52. The molecule has 1 heterocycles. The molecule has 0 unspecified atom stereocenters. The molecule has 4 rings (SSSR count). The van der Waals surface area contributed by atoms with Crippen molar-refractivity contribution >= 4 is 23.2 Å². The van der Waals surface area contributed by atoms with Gasteiger partial charge in [-0.3, -0.25) is 0 Å². The summed E-state index contributed by atoms with van der Waals surface area (Å²) in [5.74, 6) is 0.959. The van der Waals surface area contributed by atoms with Gasteiger partial charge in [-0.1, -0.05) is 72.3 Å². The molecule has 0 N–H and O–H groups in total. The number of hydrogen-bond acceptors (Lipinski definition) is 1. The molecule has 0 atom stereocenters. The molecule has 0 aliphatic heterocycles. The number of aromatic nitrogens is 2. The number of aryl methyl sites for hydroxylation is 2. The molecule has 0 saturated heterocycles. The minimum atomic E-state index is 0.959. The second-order valence-corrected chi connectivity index (χ2v) is 6.34. The number of nitrogens with zero attached hydrogens (tertiary/aromatic N) is 2. The highest BCUT2D eigenvalue weighted by molar-refractivity contribution is 5.84. The molecule has 0 aliphatic carbocycles. The van der Waals surface area contributed by atoms with Crippen LogP contribution in [0.3, 0.4) is 0 Å². The predicted molar refractivity (Wildman–Crippen MR) is 106 cm³/mol. The molecule has 122 valence electrons. The first-order chi connectivity index (χ1) is 12.2. The summed E-state index contributed by atoms with van der Waals surface area (Å²) >= 11 is 0. The molecule has 0 bridgehead atoms. The van der Waals surface area contributed by atoms with E-state index in [-0.39, 0.29) is 0 Å². The largest absolute Gasteiger partial charge is 0.328 e. The minimum Gasteiger partial charge on any atom is -0.328 e. The Bertz CT molecular complexity index is 1040. The van der Waals surface area contributed by atoms with Gasteiger partial charge in [-0.15, -0.1) is 0 Å². The van der Waals surface area contributed by atoms with Crippen molar-refractivity contribution in [2.45, 2.75) is 6.92 Å². The summed E-state index contributed by atoms with van der Waals surface area (Å²) in [6.07, 6.45) is 4.19. The van der Waals surface area contributed by atoms with Crippen LogP contribution in [0.2, 0.25) is 0 Å². The lowest BCUT2D eigenvalue weighted by atomic mass is 10.1. The zero-order valence-electron chi connectivity index (χ0n) is 14.5. The summed E-state index contributed by atoms with van der Waals surface area (Å²) in [5.41, 5.74) is 7.03. The summed E-state index contributed by atoms with van der Waals surface area (Å²) < 4.78 is 2.13. The van der Waals surface area contributed by atoms with Crippen molar-refractivity contribution < 1.29 is 0 Å². The summed E-state index contributed by atoms with van der Waals surface area (Å²) in [6, 6.07) is 25.4. The SMILES string of the molecule is Cc1ccc(/C=C/c2nc3cc(-c4ccccc4)ccc3n2C)cc1. The highest BCUT2D eigenvalue weighted by atomic mass is 15.0. The normalized spacial score (nSPS) is 11.4. The van der Waals surface area contributed by atoms with E-state index in [4.69, 9.17) is 4.98 Å². The zero-order valence-corrected chi connectivity index (χ0v) is 14.5. The van der Waals surface area contributed by atoms with Crippen LogP contribution < -0.4 is 0 Å². The first-order valence-corrected chi connectivity index (χ1v) is 8.47. The Morgan fingerprint density at radius 1 is 0.800 bits per heavy atom. The van der Waals surface area contributed by atoms with Gasteiger partial charge < -0.3 is 4.57 Å². The van der Waals surface area contributed by atoms with Crippen LogP contribution >= 0.6 is 0 Å². The van der Waals surface area contributed by atoms with Crippen molar-refractivity contribution in [2.75, 3.05) is 0 Å². The van der Waals surface area contributed by atoms with E-state index in [1.54, 1.807) is 0 Å². The van der Waals surface area contributed by atoms with E-state index in [0.717, 1.165) is 16.9 Å². The maximum atomic E-state index is 4.81. The van der Waals surface area contributed by atoms with E-state index < -0.39 is 0 Å². The van der Waals surface area contributed by atoms with Crippen LogP contribution in [-0.4, -0.2) is 9.55 Å². The monoisotopic (exact) mass is 324 g/mol. The molecule has 2 nitrogen and oxygen atoms in total. The van der Waals surface area contributed by atoms with Crippen LogP contribution in [0.15, 0.2) is 72.8 Å². The highest BCUT2D eigenvalue weighted by Gasteiger charge is 2.07. The maximum absolute atomic E-state index is 4.81. The van der Waals surface area contributed by atoms with E-state index in [0.29, 0.717) is 0 Å². The van der Waals surface area contributed by atoms with E-state index in [2.05, 4.69) is 97.4 Å². The average molecular weight is 324 g/mol. The molecule has 0 aliphatic rings. The standard InChI is InChI=1S/C23H20N2/c1-17-8-10-18(11-9-17)12-15-23-24-21-16-20(13-14-22(21)25(23)2)19-6-4-3-5-7-19/h3-16H,1-2H3/b15-12+. The Morgan fingerprint density at radius 2 is 1.56 bits per heavy atom. The molecule has 0 saturated carbocycles. The quantitative estimate of drug-likeness (QED) is 0.471. The average Bonchev–Trinajstić information content (AvgIpc) is 2.97. The molecule has 0 spiro atoms. The summed E-state index contributed by atoms with van der Waals surface area (Å²) in [6.45, 7) is 2.10. The van der Waals surface area contributed by atoms with Crippen molar-refractivity contribution in [1.82, 2.24) is 9.55 Å². The third kappa shape index (κ3) is 3.11. The van der Waals surface area contributed by atoms with E-state index in [9.17, 15) is 0 Å². The van der Waals surface area contributed by atoms with Crippen LogP contribution in [0.4, 0.5) is 0 Å². The number of rotatable bonds is 3. The fourth-order valence-electron chi connectivity index (χ4n) is 3.03. The summed E-state index contributed by atoms with van der Waals surface area (Å²) in [4.78, 5) is 4.81. The van der Waals surface area contributed by atoms with E-state index >= 15 is 0 Å². The van der Waals surface area contributed by atoms with Gasteiger partial charge in [0.2, 0.25) is 0 Å². The van der Waals surface area contributed by atoms with Crippen molar-refractivity contribution in [2.24, 2.45) is 7.05 Å². The first kappa shape index (κ1) is 15.4. The van der Waals surface area contributed by atoms with Crippen molar-refractivity contribution in [3.63, 3.8) is 0 Å². The van der Waals surface area contributed by atoms with Crippen LogP contribution in [0.1, 0.15) is 17.0 Å². The molecule has 0 amide bonds. The van der Waals surface area contributed by atoms with Crippen molar-refractivity contribution in [3.05, 3.63) is 89.7 Å². The molecule has 0 radical (unpaired) electrons. The van der Waals surface area contributed by atoms with Gasteiger partial charge in [0.15, 0.2) is 0 Å². The minimum absolute atomic E-state index is 0.959. The lowest BCUT2D eigenvalue weighted by Gasteiger charge is -2.02. The Hall–Kier alpha value is -3.13. The van der Waals surface area contributed by atoms with Gasteiger partial charge in [0, 0.05) is 7.05 Å². The Morgan fingerprint density at radius 3 is 2.32 bits per heavy atom. The molecular formula is C23H20N2. The van der Waals surface area contributed by atoms with Crippen LogP contribution in [0, 0.1) is 6.92 Å². The van der Waals surface area contributed by atoms with Gasteiger partial charge in [0.05, 0.1) is 11.0 Å². The Kier molecular flexibility index (Phi) is 3.95. The molecule has 3 aromatic carbocycles. The van der Waals surface area contributed by atoms with Gasteiger partial charge in [-0.2, -0.15) is 0 Å². The molecule has 25 heavy (non-hydrogen) atoms. The number of imidazole rings is 1. The van der Waals surface area contributed by atoms with Gasteiger partial charge in [-0.25, -0.2) is 4.98 Å². The second kappa shape index (κ2) is 6.40. The van der Waals surface area contributed by atoms with Crippen LogP contribution in [0.25, 0.3) is 34.3 Å². The van der Waals surface area contributed by atoms with Gasteiger partial charge in [0.25, 0.3) is 0 Å². The zero-order chi connectivity index (χ0) is 17.2. The first-order valence-electron chi connectivity index (χ1n) is 8.47. The van der Waals surface area contributed by atoms with Crippen molar-refractivity contribution in [1.29, 1.82) is 0 Å². The van der Waals surface area contributed by atoms with Gasteiger partial charge >= 0.3 is 0 Å². The maximum Gasteiger partial charge on any atom is 0.133 e. The molecule has 2 heteroatoms. The number of hydrogen-bond donors (Lipinski definition) is 0. The Balaban J connectivity index is 1.71. The molecular weight excluding hydrogens is 304 g/mol.